The minimum absolute atomic E-state index is 0.0544. The van der Waals surface area contributed by atoms with Gasteiger partial charge in [-0.05, 0) is 56.1 Å². The van der Waals surface area contributed by atoms with Crippen LogP contribution in [-0.4, -0.2) is 60.8 Å². The van der Waals surface area contributed by atoms with E-state index in [1.807, 2.05) is 37.3 Å². The van der Waals surface area contributed by atoms with Crippen LogP contribution in [0.4, 0.5) is 0 Å². The number of methoxy groups -OCH3 is 1. The van der Waals surface area contributed by atoms with Crippen molar-refractivity contribution < 1.29 is 36.0 Å². The monoisotopic (exact) mass is 618 g/mol. The molecule has 2 aliphatic rings. The summed E-state index contributed by atoms with van der Waals surface area (Å²) in [4.78, 5) is 13.7. The van der Waals surface area contributed by atoms with Gasteiger partial charge in [-0.2, -0.15) is 8.42 Å². The van der Waals surface area contributed by atoms with Crippen LogP contribution in [0.1, 0.15) is 45.2 Å². The fourth-order valence-electron chi connectivity index (χ4n) is 5.82. The summed E-state index contributed by atoms with van der Waals surface area (Å²) in [6.45, 7) is 15.0. The molecule has 2 aromatic carbocycles. The number of hydrogen-bond acceptors (Lipinski definition) is 8. The molecule has 0 unspecified atom stereocenters. The summed E-state index contributed by atoms with van der Waals surface area (Å²) in [5, 5.41) is -0.108. The van der Waals surface area contributed by atoms with E-state index in [0.717, 1.165) is 11.1 Å². The third-order valence-electron chi connectivity index (χ3n) is 9.13. The van der Waals surface area contributed by atoms with Gasteiger partial charge in [0.15, 0.2) is 8.32 Å². The van der Waals surface area contributed by atoms with Crippen molar-refractivity contribution >= 4 is 24.4 Å². The maximum absolute atomic E-state index is 13.7. The lowest BCUT2D eigenvalue weighted by Gasteiger charge is -2.53. The highest BCUT2D eigenvalue weighted by molar-refractivity contribution is 7.86. The highest BCUT2D eigenvalue weighted by Crippen LogP contribution is 2.49. The smallest absolute Gasteiger partial charge is 0.312 e. The molecular weight excluding hydrogens is 572 g/mol. The Morgan fingerprint density at radius 3 is 2.24 bits per heavy atom. The zero-order valence-electron chi connectivity index (χ0n) is 26.0. The lowest BCUT2D eigenvalue weighted by atomic mass is 9.65. The van der Waals surface area contributed by atoms with Crippen LogP contribution < -0.4 is 0 Å². The first kappa shape index (κ1) is 32.8. The maximum Gasteiger partial charge on any atom is 0.312 e. The first-order chi connectivity index (χ1) is 19.6. The zero-order chi connectivity index (χ0) is 30.9. The predicted octanol–water partition coefficient (Wildman–Crippen LogP) is 5.89. The molecule has 8 nitrogen and oxygen atoms in total. The summed E-state index contributed by atoms with van der Waals surface area (Å²) in [5.74, 6) is -2.04. The third kappa shape index (κ3) is 7.17. The summed E-state index contributed by atoms with van der Waals surface area (Å²) >= 11 is 0. The Kier molecular flexibility index (Phi) is 10.1. The number of cyclic esters (lactones) is 1. The summed E-state index contributed by atoms with van der Waals surface area (Å²) in [6, 6.07) is 16.4. The van der Waals surface area contributed by atoms with E-state index in [1.54, 1.807) is 26.2 Å². The van der Waals surface area contributed by atoms with E-state index in [2.05, 4.69) is 33.9 Å². The fraction of sp³-hybridized carbons (Fsp3) is 0.594. The molecule has 1 aliphatic carbocycles. The van der Waals surface area contributed by atoms with Crippen LogP contribution in [0.2, 0.25) is 18.1 Å². The molecule has 2 fully saturated rings. The Bertz CT molecular complexity index is 1310. The normalized spacial score (nSPS) is 28.7. The van der Waals surface area contributed by atoms with Crippen LogP contribution in [0, 0.1) is 24.7 Å². The van der Waals surface area contributed by atoms with Gasteiger partial charge >= 0.3 is 5.97 Å². The van der Waals surface area contributed by atoms with Crippen LogP contribution in [0.25, 0.3) is 0 Å². The molecule has 2 aromatic rings. The largest absolute Gasteiger partial charge is 0.460 e. The number of benzene rings is 2. The summed E-state index contributed by atoms with van der Waals surface area (Å²) in [5.41, 5.74) is 1.95. The molecule has 4 rings (SSSR count). The Labute approximate surface area is 252 Å². The summed E-state index contributed by atoms with van der Waals surface area (Å²) in [6.07, 6.45) is -2.20. The number of carbonyl (C=O) groups is 1. The van der Waals surface area contributed by atoms with Gasteiger partial charge in [-0.1, -0.05) is 68.8 Å². The minimum atomic E-state index is -4.17. The van der Waals surface area contributed by atoms with Gasteiger partial charge in [0.2, 0.25) is 0 Å². The van der Waals surface area contributed by atoms with Crippen molar-refractivity contribution in [3.05, 3.63) is 65.7 Å². The second-order valence-electron chi connectivity index (χ2n) is 13.2. The van der Waals surface area contributed by atoms with Crippen LogP contribution in [0.15, 0.2) is 59.5 Å². The second kappa shape index (κ2) is 12.9. The average Bonchev–Trinajstić information content (AvgIpc) is 2.91. The lowest BCUT2D eigenvalue weighted by molar-refractivity contribution is -0.211. The summed E-state index contributed by atoms with van der Waals surface area (Å²) in [7, 11) is -4.92. The van der Waals surface area contributed by atoms with Crippen molar-refractivity contribution in [3.63, 3.8) is 0 Å². The average molecular weight is 619 g/mol. The maximum atomic E-state index is 13.7. The highest BCUT2D eigenvalue weighted by atomic mass is 32.2. The van der Waals surface area contributed by atoms with Crippen molar-refractivity contribution in [2.75, 3.05) is 13.7 Å². The fourth-order valence-corrected chi connectivity index (χ4v) is 8.33. The predicted molar refractivity (Wildman–Crippen MR) is 163 cm³/mol. The number of carbonyl (C=O) groups excluding carboxylic acids is 1. The number of hydrogen-bond donors (Lipinski definition) is 0. The van der Waals surface area contributed by atoms with Gasteiger partial charge in [0.05, 0.1) is 36.2 Å². The molecule has 10 heteroatoms. The van der Waals surface area contributed by atoms with E-state index in [-0.39, 0.29) is 28.6 Å². The Hall–Kier alpha value is -2.08. The van der Waals surface area contributed by atoms with Gasteiger partial charge in [-0.25, -0.2) is 0 Å². The van der Waals surface area contributed by atoms with Gasteiger partial charge in [0, 0.05) is 18.9 Å². The Morgan fingerprint density at radius 2 is 1.64 bits per heavy atom. The van der Waals surface area contributed by atoms with Gasteiger partial charge in [-0.3, -0.25) is 8.98 Å². The van der Waals surface area contributed by atoms with Crippen LogP contribution >= 0.6 is 0 Å². The first-order valence-electron chi connectivity index (χ1n) is 14.7. The summed E-state index contributed by atoms with van der Waals surface area (Å²) < 4.78 is 58.1. The lowest BCUT2D eigenvalue weighted by Crippen LogP contribution is -2.63. The molecule has 0 amide bonds. The second-order valence-corrected chi connectivity index (χ2v) is 19.5. The first-order valence-corrected chi connectivity index (χ1v) is 19.0. The molecule has 0 radical (unpaired) electrons. The number of fused-ring (bicyclic) bond motifs is 1. The van der Waals surface area contributed by atoms with Gasteiger partial charge in [0.1, 0.15) is 12.2 Å². The third-order valence-corrected chi connectivity index (χ3v) is 15.0. The van der Waals surface area contributed by atoms with Crippen LogP contribution in [-0.2, 0) is 44.3 Å². The van der Waals surface area contributed by atoms with Crippen molar-refractivity contribution in [1.82, 2.24) is 0 Å². The number of aryl methyl sites for hydroxylation is 1. The van der Waals surface area contributed by atoms with E-state index in [1.165, 1.54) is 12.1 Å². The molecule has 0 bridgehead atoms. The van der Waals surface area contributed by atoms with E-state index >= 15 is 0 Å². The van der Waals surface area contributed by atoms with Gasteiger partial charge in [-0.15, -0.1) is 0 Å². The Balaban J connectivity index is 1.75. The van der Waals surface area contributed by atoms with Crippen LogP contribution in [0.5, 0.6) is 0 Å². The molecule has 7 atom stereocenters. The molecular formula is C32H46O8SSi. The number of esters is 1. The van der Waals surface area contributed by atoms with E-state index in [4.69, 9.17) is 22.8 Å². The van der Waals surface area contributed by atoms with Crippen molar-refractivity contribution in [3.8, 4) is 0 Å². The molecule has 1 heterocycles. The minimum Gasteiger partial charge on any atom is -0.460 e. The SMILES string of the molecule is COC[C@H]1[C@@H]2[C@@H](OS(=O)(=O)c3ccc(C)cc3)[C@H](C)OC(=O)[C@H]2[C@H](O[Si](C)(C)C(C)(C)C)C[C@@H]1OCc1ccccc1. The standard InChI is InChI=1S/C32H46O8SSi/c1-21-14-16-24(17-15-21)41(34,35)39-30-22(2)38-31(33)29-27(40-42(7,8)32(3,4)5)18-26(25(20-36-6)28(29)30)37-19-23-12-10-9-11-13-23/h9-17,22,25-30H,18-20H2,1-8H3/t22-,25+,26-,27+,28-,29-,30-/m0/s1. The van der Waals surface area contributed by atoms with Crippen molar-refractivity contribution in [2.24, 2.45) is 17.8 Å². The van der Waals surface area contributed by atoms with E-state index in [9.17, 15) is 13.2 Å². The van der Waals surface area contributed by atoms with Gasteiger partial charge in [0.25, 0.3) is 10.1 Å². The van der Waals surface area contributed by atoms with E-state index in [0.29, 0.717) is 13.0 Å². The molecule has 232 valence electrons. The molecule has 0 aromatic heterocycles. The molecule has 0 spiro atoms. The van der Waals surface area contributed by atoms with Crippen LogP contribution in [0.3, 0.4) is 0 Å². The molecule has 1 saturated heterocycles. The van der Waals surface area contributed by atoms with Crippen molar-refractivity contribution in [1.29, 1.82) is 0 Å². The molecule has 1 saturated carbocycles. The topological polar surface area (TPSA) is 97.4 Å². The van der Waals surface area contributed by atoms with Gasteiger partial charge < -0.3 is 18.6 Å². The highest BCUT2D eigenvalue weighted by Gasteiger charge is 2.59. The van der Waals surface area contributed by atoms with Crippen molar-refractivity contribution in [2.45, 2.75) is 95.1 Å². The van der Waals surface area contributed by atoms with E-state index < -0.39 is 54.6 Å². The number of rotatable bonds is 10. The number of ether oxygens (including phenoxy) is 3. The molecule has 1 aliphatic heterocycles. The molecule has 0 N–H and O–H groups in total. The quantitative estimate of drug-likeness (QED) is 0.185. The molecule has 42 heavy (non-hydrogen) atoms. The Morgan fingerprint density at radius 1 is 1.00 bits per heavy atom. The zero-order valence-corrected chi connectivity index (χ0v) is 27.8.